The highest BCUT2D eigenvalue weighted by Crippen LogP contribution is 2.42. The van der Waals surface area contributed by atoms with Gasteiger partial charge in [-0.1, -0.05) is 39.8 Å². The maximum atomic E-state index is 14.7. The average molecular weight is 919 g/mol. The molecular formula is C51H66N8O8. The van der Waals surface area contributed by atoms with Crippen LogP contribution in [0.2, 0.25) is 0 Å². The van der Waals surface area contributed by atoms with Gasteiger partial charge in [0.2, 0.25) is 17.7 Å². The minimum Gasteiger partial charge on any atom is -0.508 e. The number of likely N-dealkylation sites (N-methyl/N-ethyl adjacent to an activating group) is 2. The molecule has 5 heterocycles. The molecule has 16 heteroatoms. The number of ether oxygens (including phenoxy) is 2. The number of carbonyl (C=O) groups excluding carboxylic acids is 5. The van der Waals surface area contributed by atoms with Gasteiger partial charge in [0.05, 0.1) is 25.5 Å². The van der Waals surface area contributed by atoms with E-state index in [1.807, 2.05) is 38.2 Å². The minimum atomic E-state index is -1.17. The lowest BCUT2D eigenvalue weighted by Crippen LogP contribution is -2.62. The first-order valence-corrected chi connectivity index (χ1v) is 23.7. The predicted molar refractivity (Wildman–Crippen MR) is 253 cm³/mol. The maximum Gasteiger partial charge on any atom is 0.324 e. The van der Waals surface area contributed by atoms with Gasteiger partial charge < -0.3 is 34.3 Å². The second-order valence-electron chi connectivity index (χ2n) is 20.1. The summed E-state index contributed by atoms with van der Waals surface area (Å²) < 4.78 is 14.0. The summed E-state index contributed by atoms with van der Waals surface area (Å²) in [6.07, 6.45) is 7.31. The van der Waals surface area contributed by atoms with E-state index < -0.39 is 47.2 Å². The van der Waals surface area contributed by atoms with E-state index in [9.17, 15) is 29.1 Å². The largest absolute Gasteiger partial charge is 0.508 e. The van der Waals surface area contributed by atoms with Crippen molar-refractivity contribution in [2.75, 3.05) is 40.9 Å². The van der Waals surface area contributed by atoms with Crippen molar-refractivity contribution in [3.8, 4) is 28.1 Å². The van der Waals surface area contributed by atoms with E-state index in [0.29, 0.717) is 49.5 Å². The molecule has 3 fully saturated rings. The third-order valence-corrected chi connectivity index (χ3v) is 13.8. The number of pyridine rings is 1. The number of hydrogen-bond donors (Lipinski definition) is 4. The highest BCUT2D eigenvalue weighted by Gasteiger charge is 2.52. The third-order valence-electron chi connectivity index (χ3n) is 13.8. The highest BCUT2D eigenvalue weighted by atomic mass is 16.5. The number of esters is 1. The molecule has 1 saturated carbocycles. The van der Waals surface area contributed by atoms with Crippen molar-refractivity contribution in [1.29, 1.82) is 0 Å². The van der Waals surface area contributed by atoms with E-state index in [1.54, 1.807) is 39.5 Å². The first kappa shape index (κ1) is 47.6. The molecule has 2 aromatic carbocycles. The molecule has 0 spiro atoms. The molecule has 2 aromatic heterocycles. The number of hydrazine groups is 1. The number of hydrogen-bond acceptors (Lipinski definition) is 11. The third kappa shape index (κ3) is 10.2. The van der Waals surface area contributed by atoms with Crippen LogP contribution in [-0.4, -0.2) is 130 Å². The van der Waals surface area contributed by atoms with E-state index in [2.05, 4.69) is 58.5 Å². The molecule has 2 saturated heterocycles. The van der Waals surface area contributed by atoms with Gasteiger partial charge in [0, 0.05) is 81.0 Å². The van der Waals surface area contributed by atoms with Crippen LogP contribution in [0.15, 0.2) is 54.9 Å². The zero-order chi connectivity index (χ0) is 47.9. The lowest BCUT2D eigenvalue weighted by Gasteiger charge is -2.37. The van der Waals surface area contributed by atoms with Crippen LogP contribution in [0.1, 0.15) is 77.0 Å². The van der Waals surface area contributed by atoms with Crippen LogP contribution in [0.3, 0.4) is 0 Å². The number of aromatic nitrogens is 2. The van der Waals surface area contributed by atoms with Gasteiger partial charge in [0.1, 0.15) is 29.9 Å². The summed E-state index contributed by atoms with van der Waals surface area (Å²) in [5, 5.41) is 19.9. The van der Waals surface area contributed by atoms with Crippen molar-refractivity contribution in [3.63, 3.8) is 0 Å². The number of carbonyl (C=O) groups is 5. The van der Waals surface area contributed by atoms with E-state index in [1.165, 1.54) is 14.8 Å². The lowest BCUT2D eigenvalue weighted by atomic mass is 9.84. The molecule has 5 atom stereocenters. The topological polar surface area (TPSA) is 198 Å². The number of benzene rings is 2. The number of phenolic OH excluding ortho intramolecular Hbond substituents is 1. The van der Waals surface area contributed by atoms with Gasteiger partial charge in [0.15, 0.2) is 0 Å². The van der Waals surface area contributed by atoms with Crippen molar-refractivity contribution in [3.05, 3.63) is 71.5 Å². The molecule has 358 valence electrons. The van der Waals surface area contributed by atoms with Crippen LogP contribution in [0.4, 0.5) is 0 Å². The smallest absolute Gasteiger partial charge is 0.324 e. The SMILES string of the molecule is CCn1c(-c2cnccc2COC)c2c3cc(ccc31)-c1cc(O)cc(c1)C[C@H](NC(=O)C(C(C)C)N(C)C(=O)CN(C)C(=O)[C@H]1NC1C1CC1)C(=O)N1CCC[C@H](N1)C(=O)OCC(C)(C)C2. The average Bonchev–Trinajstić information content (AvgIpc) is 4.24. The normalized spacial score (nSPS) is 22.2. The Morgan fingerprint density at radius 1 is 1.06 bits per heavy atom. The number of aromatic hydroxyl groups is 1. The second kappa shape index (κ2) is 19.4. The number of phenols is 1. The quantitative estimate of drug-likeness (QED) is 0.115. The van der Waals surface area contributed by atoms with Crippen LogP contribution in [0, 0.1) is 17.3 Å². The summed E-state index contributed by atoms with van der Waals surface area (Å²) in [6, 6.07) is 10.3. The summed E-state index contributed by atoms with van der Waals surface area (Å²) in [5.41, 5.74) is 9.72. The van der Waals surface area contributed by atoms with Gasteiger partial charge in [-0.2, -0.15) is 0 Å². The molecule has 67 heavy (non-hydrogen) atoms. The Hall–Kier alpha value is -5.84. The van der Waals surface area contributed by atoms with E-state index in [4.69, 9.17) is 9.47 Å². The molecular weight excluding hydrogens is 853 g/mol. The van der Waals surface area contributed by atoms with Gasteiger partial charge in [-0.3, -0.25) is 39.3 Å². The first-order chi connectivity index (χ1) is 32.0. The predicted octanol–water partition coefficient (Wildman–Crippen LogP) is 4.58. The number of methoxy groups -OCH3 is 1. The molecule has 8 rings (SSSR count). The van der Waals surface area contributed by atoms with Crippen molar-refractivity contribution in [2.24, 2.45) is 17.3 Å². The van der Waals surface area contributed by atoms with Crippen LogP contribution in [0.25, 0.3) is 33.3 Å². The van der Waals surface area contributed by atoms with Crippen molar-refractivity contribution in [1.82, 2.24) is 40.4 Å². The van der Waals surface area contributed by atoms with Crippen LogP contribution >= 0.6 is 0 Å². The standard InChI is InChI=1S/C51H66N8O8/c1-9-58-41-15-14-32-23-36(41)37(46(58)38-25-52-17-16-33(38)27-66-8)24-51(4,5)28-67-50(65)39-11-10-18-59(55-39)48(63)40(21-30-19-34(32)22-35(60)20-30)53-47(62)45(29(2)3)57(7)42(61)26-56(6)49(64)44-43(54-44)31-12-13-31/h14-17,19-20,22-23,25,29,31,39-40,43-45,54-55,60H,9-13,18,21,24,26-28H2,1-8H3,(H,53,62)/t39-,40-,43?,44-,45?/m0/s1. The summed E-state index contributed by atoms with van der Waals surface area (Å²) in [6.45, 7) is 11.1. The molecule has 4 N–H and O–H groups in total. The number of cyclic esters (lactones) is 1. The Morgan fingerprint density at radius 2 is 1.84 bits per heavy atom. The minimum absolute atomic E-state index is 0.0138. The fourth-order valence-corrected chi connectivity index (χ4v) is 10.1. The number of nitrogens with zero attached hydrogens (tertiary/aromatic N) is 5. The Kier molecular flexibility index (Phi) is 13.8. The van der Waals surface area contributed by atoms with Gasteiger partial charge in [0.25, 0.3) is 5.91 Å². The number of rotatable bonds is 12. The van der Waals surface area contributed by atoms with Crippen molar-refractivity contribution in [2.45, 2.75) is 117 Å². The Bertz CT molecular complexity index is 2550. The zero-order valence-electron chi connectivity index (χ0n) is 40.1. The van der Waals surface area contributed by atoms with Gasteiger partial charge in [-0.15, -0.1) is 0 Å². The summed E-state index contributed by atoms with van der Waals surface area (Å²) in [5.74, 6) is -1.95. The highest BCUT2D eigenvalue weighted by molar-refractivity contribution is 5.96. The summed E-state index contributed by atoms with van der Waals surface area (Å²) in [7, 11) is 4.81. The first-order valence-electron chi connectivity index (χ1n) is 23.7. The van der Waals surface area contributed by atoms with Crippen molar-refractivity contribution < 1.29 is 38.6 Å². The molecule has 16 nitrogen and oxygen atoms in total. The van der Waals surface area contributed by atoms with Gasteiger partial charge in [-0.05, 0) is 109 Å². The molecule has 4 aromatic rings. The molecule has 2 unspecified atom stereocenters. The Morgan fingerprint density at radius 3 is 2.55 bits per heavy atom. The molecule has 4 amide bonds. The summed E-state index contributed by atoms with van der Waals surface area (Å²) in [4.78, 5) is 77.4. The van der Waals surface area contributed by atoms with Crippen LogP contribution < -0.4 is 16.1 Å². The van der Waals surface area contributed by atoms with E-state index in [0.717, 1.165) is 51.7 Å². The Balaban J connectivity index is 1.15. The second-order valence-corrected chi connectivity index (χ2v) is 20.1. The van der Waals surface area contributed by atoms with Crippen LogP contribution in [-0.2, 0) is 59.4 Å². The number of nitrogens with one attached hydrogen (secondary N) is 3. The molecule has 0 radical (unpaired) electrons. The van der Waals surface area contributed by atoms with Gasteiger partial charge >= 0.3 is 5.97 Å². The fourth-order valence-electron chi connectivity index (χ4n) is 10.1. The molecule has 3 aliphatic heterocycles. The fraction of sp³-hybridized carbons (Fsp3) is 0.529. The number of fused-ring (bicyclic) bond motifs is 6. The van der Waals surface area contributed by atoms with E-state index in [-0.39, 0.29) is 55.8 Å². The van der Waals surface area contributed by atoms with Crippen molar-refractivity contribution >= 4 is 40.5 Å². The van der Waals surface area contributed by atoms with Crippen LogP contribution in [0.5, 0.6) is 5.75 Å². The molecule has 4 aliphatic rings. The summed E-state index contributed by atoms with van der Waals surface area (Å²) >= 11 is 0. The van der Waals surface area contributed by atoms with Gasteiger partial charge in [-0.25, -0.2) is 5.43 Å². The maximum absolute atomic E-state index is 14.7. The number of amides is 4. The molecule has 1 aliphatic carbocycles. The number of aryl methyl sites for hydroxylation is 1. The Labute approximate surface area is 392 Å². The zero-order valence-corrected chi connectivity index (χ0v) is 40.1. The molecule has 6 bridgehead atoms. The lowest BCUT2D eigenvalue weighted by molar-refractivity contribution is -0.155. The van der Waals surface area contributed by atoms with E-state index >= 15 is 0 Å². The monoisotopic (exact) mass is 919 g/mol.